The van der Waals surface area contributed by atoms with Gasteiger partial charge in [-0.05, 0) is 23.1 Å². The molecule has 3 rings (SSSR count). The van der Waals surface area contributed by atoms with Crippen LogP contribution in [0.3, 0.4) is 0 Å². The van der Waals surface area contributed by atoms with E-state index in [4.69, 9.17) is 4.74 Å². The number of benzene rings is 2. The molecular weight excluding hydrogens is 300 g/mol. The molecule has 0 aliphatic carbocycles. The molecule has 0 saturated carbocycles. The Morgan fingerprint density at radius 2 is 1.63 bits per heavy atom. The molecule has 0 aromatic heterocycles. The molecule has 19 heavy (non-hydrogen) atoms. The minimum absolute atomic E-state index is 0.403. The van der Waals surface area contributed by atoms with Crippen LogP contribution in [0.25, 0.3) is 11.1 Å². The summed E-state index contributed by atoms with van der Waals surface area (Å²) in [6.45, 7) is 1.77. The number of halogens is 1. The van der Waals surface area contributed by atoms with Crippen molar-refractivity contribution in [3.63, 3.8) is 0 Å². The summed E-state index contributed by atoms with van der Waals surface area (Å²) in [4.78, 5) is 0.403. The highest BCUT2D eigenvalue weighted by atomic mass is 79.9. The van der Waals surface area contributed by atoms with Crippen LogP contribution in [0.5, 0.6) is 0 Å². The molecular formula is C17H17BrO. The van der Waals surface area contributed by atoms with Crippen molar-refractivity contribution >= 4 is 15.9 Å². The van der Waals surface area contributed by atoms with E-state index in [0.717, 1.165) is 19.6 Å². The van der Waals surface area contributed by atoms with Gasteiger partial charge in [-0.1, -0.05) is 70.5 Å². The Bertz CT molecular complexity index is 515. The fraction of sp³-hybridized carbons (Fsp3) is 0.294. The molecule has 1 nitrogen and oxygen atoms in total. The van der Waals surface area contributed by atoms with Gasteiger partial charge in [-0.3, -0.25) is 0 Å². The number of rotatable bonds is 3. The van der Waals surface area contributed by atoms with E-state index in [-0.39, 0.29) is 0 Å². The Labute approximate surface area is 122 Å². The van der Waals surface area contributed by atoms with E-state index in [1.165, 1.54) is 16.7 Å². The number of hydrogen-bond donors (Lipinski definition) is 0. The summed E-state index contributed by atoms with van der Waals surface area (Å²) >= 11 is 3.81. The Morgan fingerprint density at radius 1 is 0.947 bits per heavy atom. The van der Waals surface area contributed by atoms with Crippen LogP contribution in [0.4, 0.5) is 0 Å². The van der Waals surface area contributed by atoms with Crippen molar-refractivity contribution < 1.29 is 4.74 Å². The van der Waals surface area contributed by atoms with Crippen molar-refractivity contribution in [2.24, 2.45) is 5.92 Å². The molecule has 1 fully saturated rings. The fourth-order valence-corrected chi connectivity index (χ4v) is 3.27. The molecule has 2 aromatic carbocycles. The van der Waals surface area contributed by atoms with Crippen LogP contribution >= 0.6 is 15.9 Å². The molecule has 2 atom stereocenters. The zero-order valence-corrected chi connectivity index (χ0v) is 12.3. The molecule has 1 aliphatic heterocycles. The number of alkyl halides is 1. The maximum Gasteiger partial charge on any atom is 0.0509 e. The molecule has 0 bridgehead atoms. The summed E-state index contributed by atoms with van der Waals surface area (Å²) in [5.41, 5.74) is 3.88. The molecule has 1 saturated heterocycles. The third kappa shape index (κ3) is 2.90. The van der Waals surface area contributed by atoms with Gasteiger partial charge < -0.3 is 4.74 Å². The van der Waals surface area contributed by atoms with Crippen molar-refractivity contribution in [1.82, 2.24) is 0 Å². The summed E-state index contributed by atoms with van der Waals surface area (Å²) in [5.74, 6) is 0.600. The molecule has 2 heteroatoms. The van der Waals surface area contributed by atoms with E-state index >= 15 is 0 Å². The summed E-state index contributed by atoms with van der Waals surface area (Å²) in [6, 6.07) is 19.3. The van der Waals surface area contributed by atoms with Gasteiger partial charge in [0.05, 0.1) is 6.61 Å². The fourth-order valence-electron chi connectivity index (χ4n) is 2.55. The van der Waals surface area contributed by atoms with Gasteiger partial charge in [-0.15, -0.1) is 0 Å². The van der Waals surface area contributed by atoms with Gasteiger partial charge in [-0.2, -0.15) is 0 Å². The second-order valence-electron chi connectivity index (χ2n) is 5.01. The van der Waals surface area contributed by atoms with Crippen LogP contribution in [-0.4, -0.2) is 13.2 Å². The lowest BCUT2D eigenvalue weighted by molar-refractivity contribution is 0.185. The molecule has 2 unspecified atom stereocenters. The highest BCUT2D eigenvalue weighted by Gasteiger charge is 2.24. The standard InChI is InChI=1S/C17H17BrO/c18-17(16-10-11-19-12-16)15-8-6-14(7-9-15)13-4-2-1-3-5-13/h1-9,16-17H,10-12H2. The van der Waals surface area contributed by atoms with Crippen molar-refractivity contribution in [2.45, 2.75) is 11.2 Å². The van der Waals surface area contributed by atoms with E-state index in [2.05, 4.69) is 64.5 Å². The van der Waals surface area contributed by atoms with Crippen molar-refractivity contribution in [3.8, 4) is 11.1 Å². The van der Waals surface area contributed by atoms with Gasteiger partial charge in [0.25, 0.3) is 0 Å². The molecule has 0 N–H and O–H groups in total. The van der Waals surface area contributed by atoms with Crippen LogP contribution < -0.4 is 0 Å². The minimum atomic E-state index is 0.403. The third-order valence-electron chi connectivity index (χ3n) is 3.72. The quantitative estimate of drug-likeness (QED) is 0.737. The van der Waals surface area contributed by atoms with Crippen LogP contribution in [0.15, 0.2) is 54.6 Å². The lowest BCUT2D eigenvalue weighted by Crippen LogP contribution is -2.06. The summed E-state index contributed by atoms with van der Waals surface area (Å²) in [5, 5.41) is 0. The van der Waals surface area contributed by atoms with Gasteiger partial charge in [0.2, 0.25) is 0 Å². The summed E-state index contributed by atoms with van der Waals surface area (Å²) in [7, 11) is 0. The Balaban J connectivity index is 1.79. The predicted molar refractivity (Wildman–Crippen MR) is 82.5 cm³/mol. The Hall–Kier alpha value is -1.12. The largest absolute Gasteiger partial charge is 0.381 e. The van der Waals surface area contributed by atoms with Crippen LogP contribution in [-0.2, 0) is 4.74 Å². The van der Waals surface area contributed by atoms with Gasteiger partial charge in [0, 0.05) is 17.4 Å². The topological polar surface area (TPSA) is 9.23 Å². The van der Waals surface area contributed by atoms with Gasteiger partial charge in [0.15, 0.2) is 0 Å². The highest BCUT2D eigenvalue weighted by molar-refractivity contribution is 9.09. The predicted octanol–water partition coefficient (Wildman–Crippen LogP) is 4.83. The van der Waals surface area contributed by atoms with Crippen LogP contribution in [0.1, 0.15) is 16.8 Å². The van der Waals surface area contributed by atoms with Crippen molar-refractivity contribution in [3.05, 3.63) is 60.2 Å². The molecule has 0 amide bonds. The zero-order valence-electron chi connectivity index (χ0n) is 10.8. The Kier molecular flexibility index (Phi) is 4.00. The second kappa shape index (κ2) is 5.89. The van der Waals surface area contributed by atoms with E-state index < -0.39 is 0 Å². The average Bonchev–Trinajstić information content (AvgIpc) is 3.02. The number of ether oxygens (including phenoxy) is 1. The first-order valence-corrected chi connectivity index (χ1v) is 7.63. The van der Waals surface area contributed by atoms with Crippen molar-refractivity contribution in [1.29, 1.82) is 0 Å². The molecule has 1 aliphatic rings. The maximum absolute atomic E-state index is 5.46. The molecule has 98 valence electrons. The zero-order chi connectivity index (χ0) is 13.1. The monoisotopic (exact) mass is 316 g/mol. The van der Waals surface area contributed by atoms with Gasteiger partial charge in [0.1, 0.15) is 0 Å². The highest BCUT2D eigenvalue weighted by Crippen LogP contribution is 2.36. The van der Waals surface area contributed by atoms with Crippen LogP contribution in [0, 0.1) is 5.92 Å². The van der Waals surface area contributed by atoms with E-state index in [9.17, 15) is 0 Å². The SMILES string of the molecule is BrC(c1ccc(-c2ccccc2)cc1)C1CCOC1. The molecule has 0 radical (unpaired) electrons. The smallest absolute Gasteiger partial charge is 0.0509 e. The summed E-state index contributed by atoms with van der Waals surface area (Å²) < 4.78 is 5.46. The first-order chi connectivity index (χ1) is 9.34. The lowest BCUT2D eigenvalue weighted by atomic mass is 9.96. The summed E-state index contributed by atoms with van der Waals surface area (Å²) in [6.07, 6.45) is 1.15. The maximum atomic E-state index is 5.46. The minimum Gasteiger partial charge on any atom is -0.381 e. The first-order valence-electron chi connectivity index (χ1n) is 6.72. The normalized spacial score (nSPS) is 20.4. The third-order valence-corrected chi connectivity index (χ3v) is 4.99. The molecule has 1 heterocycles. The van der Waals surface area contributed by atoms with Gasteiger partial charge >= 0.3 is 0 Å². The lowest BCUT2D eigenvalue weighted by Gasteiger charge is -2.16. The van der Waals surface area contributed by atoms with E-state index in [1.807, 2.05) is 6.07 Å². The molecule has 2 aromatic rings. The van der Waals surface area contributed by atoms with E-state index in [0.29, 0.717) is 10.7 Å². The average molecular weight is 317 g/mol. The Morgan fingerprint density at radius 3 is 2.26 bits per heavy atom. The molecule has 0 spiro atoms. The van der Waals surface area contributed by atoms with Crippen molar-refractivity contribution in [2.75, 3.05) is 13.2 Å². The van der Waals surface area contributed by atoms with Crippen LogP contribution in [0.2, 0.25) is 0 Å². The van der Waals surface area contributed by atoms with E-state index in [1.54, 1.807) is 0 Å². The second-order valence-corrected chi connectivity index (χ2v) is 6.00. The van der Waals surface area contributed by atoms with Gasteiger partial charge in [-0.25, -0.2) is 0 Å². The number of hydrogen-bond acceptors (Lipinski definition) is 1. The first kappa shape index (κ1) is 12.9.